The van der Waals surface area contributed by atoms with Gasteiger partial charge in [-0.2, -0.15) is 18.2 Å². The highest BCUT2D eigenvalue weighted by molar-refractivity contribution is 5.99. The Kier molecular flexibility index (Phi) is 5.60. The van der Waals surface area contributed by atoms with E-state index in [1.807, 2.05) is 31.2 Å². The van der Waals surface area contributed by atoms with Crippen LogP contribution >= 0.6 is 0 Å². The van der Waals surface area contributed by atoms with Crippen molar-refractivity contribution in [3.05, 3.63) is 59.7 Å². The first kappa shape index (κ1) is 22.1. The lowest BCUT2D eigenvalue weighted by Crippen LogP contribution is -2.19. The van der Waals surface area contributed by atoms with Gasteiger partial charge in [0.15, 0.2) is 5.65 Å². The molecule has 0 aliphatic carbocycles. The third-order valence-electron chi connectivity index (χ3n) is 5.81. The molecule has 1 aliphatic rings. The number of hydrogen-bond donors (Lipinski definition) is 2. The van der Waals surface area contributed by atoms with E-state index in [9.17, 15) is 13.2 Å². The highest BCUT2D eigenvalue weighted by atomic mass is 19.4. The molecular formula is C24H23F3N6O. The first-order valence-corrected chi connectivity index (χ1v) is 11.0. The molecule has 0 radical (unpaired) electrons. The summed E-state index contributed by atoms with van der Waals surface area (Å²) in [7, 11) is 0. The number of aryl methyl sites for hydroxylation is 1. The Labute approximate surface area is 193 Å². The van der Waals surface area contributed by atoms with Gasteiger partial charge in [0, 0.05) is 18.7 Å². The van der Waals surface area contributed by atoms with Crippen molar-refractivity contribution in [3.63, 3.8) is 0 Å². The summed E-state index contributed by atoms with van der Waals surface area (Å²) in [6, 6.07) is 12.5. The van der Waals surface area contributed by atoms with E-state index in [1.54, 1.807) is 0 Å². The van der Waals surface area contributed by atoms with E-state index < -0.39 is 11.7 Å². The number of benzene rings is 2. The second-order valence-corrected chi connectivity index (χ2v) is 8.32. The van der Waals surface area contributed by atoms with Crippen LogP contribution in [0.1, 0.15) is 24.0 Å². The molecule has 2 aromatic heterocycles. The molecule has 2 aromatic carbocycles. The quantitative estimate of drug-likeness (QED) is 0.429. The van der Waals surface area contributed by atoms with Crippen molar-refractivity contribution in [2.45, 2.75) is 32.0 Å². The number of nitrogen functional groups attached to an aromatic ring is 1. The maximum atomic E-state index is 13.0. The predicted molar refractivity (Wildman–Crippen MR) is 124 cm³/mol. The molecule has 34 heavy (non-hydrogen) atoms. The van der Waals surface area contributed by atoms with Crippen LogP contribution in [0.2, 0.25) is 0 Å². The van der Waals surface area contributed by atoms with Gasteiger partial charge in [-0.05, 0) is 50.1 Å². The summed E-state index contributed by atoms with van der Waals surface area (Å²) in [4.78, 5) is 9.27. The van der Waals surface area contributed by atoms with Crippen LogP contribution in [0.3, 0.4) is 0 Å². The number of fused-ring (bicyclic) bond motifs is 1. The third-order valence-corrected chi connectivity index (χ3v) is 5.81. The molecule has 1 atom stereocenters. The fourth-order valence-electron chi connectivity index (χ4n) is 4.09. The van der Waals surface area contributed by atoms with Crippen molar-refractivity contribution in [2.75, 3.05) is 24.2 Å². The molecule has 0 amide bonds. The van der Waals surface area contributed by atoms with Gasteiger partial charge in [-0.15, -0.1) is 5.10 Å². The maximum Gasteiger partial charge on any atom is 0.416 e. The molecule has 10 heteroatoms. The first-order chi connectivity index (χ1) is 16.3. The Morgan fingerprint density at radius 2 is 1.94 bits per heavy atom. The van der Waals surface area contributed by atoms with E-state index in [-0.39, 0.29) is 11.9 Å². The number of nitrogens with one attached hydrogen (secondary N) is 1. The van der Waals surface area contributed by atoms with E-state index in [2.05, 4.69) is 15.4 Å². The summed E-state index contributed by atoms with van der Waals surface area (Å²) >= 11 is 0. The molecule has 1 unspecified atom stereocenters. The zero-order valence-electron chi connectivity index (χ0n) is 18.4. The minimum absolute atomic E-state index is 0.0940. The molecular weight excluding hydrogens is 445 g/mol. The minimum Gasteiger partial charge on any atom is -0.383 e. The fourth-order valence-corrected chi connectivity index (χ4v) is 4.09. The molecule has 0 bridgehead atoms. The average Bonchev–Trinajstić information content (AvgIpc) is 3.45. The van der Waals surface area contributed by atoms with Gasteiger partial charge in [0.2, 0.25) is 5.95 Å². The fraction of sp³-hybridized carbons (Fsp3) is 0.292. The SMILES string of the molecule is Cc1cccc(-c2nc(NCC3CCCO3)nc3nn(-c4ccc(C(F)(F)F)cc4)c(N)c23)c1. The number of hydrogen-bond acceptors (Lipinski definition) is 6. The topological polar surface area (TPSA) is 90.9 Å². The van der Waals surface area contributed by atoms with Gasteiger partial charge in [-0.1, -0.05) is 23.8 Å². The Balaban J connectivity index is 1.60. The minimum atomic E-state index is -4.42. The zero-order valence-corrected chi connectivity index (χ0v) is 18.4. The second kappa shape index (κ2) is 8.60. The lowest BCUT2D eigenvalue weighted by Gasteiger charge is -2.12. The number of alkyl halides is 3. The van der Waals surface area contributed by atoms with Crippen molar-refractivity contribution in [1.82, 2.24) is 19.7 Å². The number of ether oxygens (including phenoxy) is 1. The van der Waals surface area contributed by atoms with Crippen LogP contribution in [0.4, 0.5) is 24.9 Å². The summed E-state index contributed by atoms with van der Waals surface area (Å²) in [5.41, 5.74) is 8.93. The zero-order chi connectivity index (χ0) is 23.9. The highest BCUT2D eigenvalue weighted by Crippen LogP contribution is 2.34. The molecule has 1 aliphatic heterocycles. The van der Waals surface area contributed by atoms with Crippen molar-refractivity contribution >= 4 is 22.8 Å². The standard InChI is InChI=1S/C24H23F3N6O/c1-14-4-2-5-15(12-14)20-19-21(28)33(17-9-7-16(8-10-17)24(25,26)27)32-22(19)31-23(30-20)29-13-18-6-3-11-34-18/h2,4-5,7-10,12,18H,3,6,11,13,28H2,1H3,(H,29,31,32). The van der Waals surface area contributed by atoms with Crippen LogP contribution in [-0.2, 0) is 10.9 Å². The monoisotopic (exact) mass is 468 g/mol. The summed E-state index contributed by atoms with van der Waals surface area (Å²) in [5.74, 6) is 0.633. The van der Waals surface area contributed by atoms with Crippen LogP contribution in [0, 0.1) is 6.92 Å². The first-order valence-electron chi connectivity index (χ1n) is 11.0. The summed E-state index contributed by atoms with van der Waals surface area (Å²) in [6.07, 6.45) is -2.34. The maximum absolute atomic E-state index is 13.0. The molecule has 5 rings (SSSR count). The smallest absolute Gasteiger partial charge is 0.383 e. The van der Waals surface area contributed by atoms with Crippen LogP contribution < -0.4 is 11.1 Å². The molecule has 1 saturated heterocycles. The molecule has 3 heterocycles. The summed E-state index contributed by atoms with van der Waals surface area (Å²) in [6.45, 7) is 3.29. The van der Waals surface area contributed by atoms with Gasteiger partial charge < -0.3 is 15.8 Å². The number of nitrogens with zero attached hydrogens (tertiary/aromatic N) is 4. The number of halogens is 3. The highest BCUT2D eigenvalue weighted by Gasteiger charge is 2.30. The van der Waals surface area contributed by atoms with Crippen LogP contribution in [0.15, 0.2) is 48.5 Å². The van der Waals surface area contributed by atoms with E-state index in [4.69, 9.17) is 15.5 Å². The summed E-state index contributed by atoms with van der Waals surface area (Å²) < 4.78 is 46.0. The van der Waals surface area contributed by atoms with Gasteiger partial charge in [-0.25, -0.2) is 9.67 Å². The van der Waals surface area contributed by atoms with Gasteiger partial charge in [0.25, 0.3) is 0 Å². The molecule has 0 spiro atoms. The molecule has 7 nitrogen and oxygen atoms in total. The van der Waals surface area contributed by atoms with Crippen molar-refractivity contribution < 1.29 is 17.9 Å². The normalized spacial score (nSPS) is 16.3. The molecule has 0 saturated carbocycles. The molecule has 1 fully saturated rings. The molecule has 176 valence electrons. The van der Waals surface area contributed by atoms with Gasteiger partial charge in [0.1, 0.15) is 5.82 Å². The van der Waals surface area contributed by atoms with Crippen molar-refractivity contribution in [2.24, 2.45) is 0 Å². The van der Waals surface area contributed by atoms with Gasteiger partial charge in [-0.3, -0.25) is 0 Å². The molecule has 4 aromatic rings. The summed E-state index contributed by atoms with van der Waals surface area (Å²) in [5, 5.41) is 8.28. The average molecular weight is 468 g/mol. The van der Waals surface area contributed by atoms with Crippen LogP contribution in [0.25, 0.3) is 28.0 Å². The van der Waals surface area contributed by atoms with Crippen molar-refractivity contribution in [3.8, 4) is 16.9 Å². The van der Waals surface area contributed by atoms with Crippen molar-refractivity contribution in [1.29, 1.82) is 0 Å². The van der Waals surface area contributed by atoms with E-state index in [0.29, 0.717) is 34.9 Å². The number of anilines is 2. The number of rotatable bonds is 5. The predicted octanol–water partition coefficient (Wildman–Crippen LogP) is 4.98. The number of aromatic nitrogens is 4. The van der Waals surface area contributed by atoms with E-state index in [1.165, 1.54) is 16.8 Å². The lowest BCUT2D eigenvalue weighted by atomic mass is 10.1. The van der Waals surface area contributed by atoms with E-state index in [0.717, 1.165) is 42.7 Å². The Bertz CT molecular complexity index is 1330. The largest absolute Gasteiger partial charge is 0.416 e. The number of nitrogens with two attached hydrogens (primary N) is 1. The van der Waals surface area contributed by atoms with Gasteiger partial charge in [0.05, 0.1) is 28.4 Å². The second-order valence-electron chi connectivity index (χ2n) is 8.32. The van der Waals surface area contributed by atoms with Crippen LogP contribution in [-0.4, -0.2) is 39.0 Å². The lowest BCUT2D eigenvalue weighted by molar-refractivity contribution is -0.137. The third kappa shape index (κ3) is 4.28. The van der Waals surface area contributed by atoms with Crippen LogP contribution in [0.5, 0.6) is 0 Å². The van der Waals surface area contributed by atoms with E-state index >= 15 is 0 Å². The Morgan fingerprint density at radius 3 is 2.62 bits per heavy atom. The molecule has 3 N–H and O–H groups in total. The Hall–Kier alpha value is -3.66. The van der Waals surface area contributed by atoms with Gasteiger partial charge >= 0.3 is 6.18 Å². The Morgan fingerprint density at radius 1 is 1.15 bits per heavy atom.